The highest BCUT2D eigenvalue weighted by Gasteiger charge is 1.93. The number of carbonyl (C=O) groups is 2. The van der Waals surface area contributed by atoms with Crippen LogP contribution in [0.3, 0.4) is 0 Å². The summed E-state index contributed by atoms with van der Waals surface area (Å²) in [6, 6.07) is 0. The summed E-state index contributed by atoms with van der Waals surface area (Å²) in [6.07, 6.45) is 2.10. The van der Waals surface area contributed by atoms with Crippen LogP contribution in [-0.4, -0.2) is 32.9 Å². The first-order valence-electron chi connectivity index (χ1n) is 2.54. The van der Waals surface area contributed by atoms with E-state index in [2.05, 4.69) is 8.85 Å². The highest BCUT2D eigenvalue weighted by Crippen LogP contribution is 1.79. The third kappa shape index (κ3) is 4.04. The standard InChI is InChI=1S/C4H8O4Si2/c5-3(7-9)1-2-4(6)8-10/h1-2H,9-10H3/b2-1-. The van der Waals surface area contributed by atoms with Crippen LogP contribution in [0.1, 0.15) is 0 Å². The maximum Gasteiger partial charge on any atom is 0.316 e. The van der Waals surface area contributed by atoms with Crippen LogP contribution < -0.4 is 0 Å². The molecule has 0 bridgehead atoms. The molecule has 0 unspecified atom stereocenters. The predicted octanol–water partition coefficient (Wildman–Crippen LogP) is -2.81. The van der Waals surface area contributed by atoms with Crippen molar-refractivity contribution in [1.29, 1.82) is 0 Å². The second-order valence-electron chi connectivity index (χ2n) is 1.38. The van der Waals surface area contributed by atoms with Gasteiger partial charge in [-0.3, -0.25) is 0 Å². The molecular weight excluding hydrogens is 168 g/mol. The van der Waals surface area contributed by atoms with E-state index in [1.54, 1.807) is 0 Å². The second kappa shape index (κ2) is 4.94. The Bertz CT molecular complexity index is 147. The fourth-order valence-corrected chi connectivity index (χ4v) is 0.544. The molecule has 0 aromatic heterocycles. The molecule has 0 saturated heterocycles. The molecule has 0 aliphatic carbocycles. The van der Waals surface area contributed by atoms with Gasteiger partial charge in [-0.05, 0) is 0 Å². The van der Waals surface area contributed by atoms with Crippen molar-refractivity contribution in [3.05, 3.63) is 12.2 Å². The van der Waals surface area contributed by atoms with Gasteiger partial charge in [-0.1, -0.05) is 0 Å². The minimum absolute atomic E-state index is 0.340. The number of hydrogen-bond donors (Lipinski definition) is 0. The Morgan fingerprint density at radius 1 is 1.00 bits per heavy atom. The van der Waals surface area contributed by atoms with Crippen molar-refractivity contribution < 1.29 is 18.4 Å². The molecule has 4 nitrogen and oxygen atoms in total. The number of carbonyl (C=O) groups excluding carboxylic acids is 2. The molecule has 0 aliphatic heterocycles. The average molecular weight is 176 g/mol. The van der Waals surface area contributed by atoms with Gasteiger partial charge in [0.05, 0.1) is 0 Å². The third-order valence-electron chi connectivity index (χ3n) is 0.758. The van der Waals surface area contributed by atoms with Gasteiger partial charge in [0.2, 0.25) is 21.0 Å². The fraction of sp³-hybridized carbons (Fsp3) is 0. The first-order chi connectivity index (χ1) is 4.70. The van der Waals surface area contributed by atoms with Crippen molar-refractivity contribution >= 4 is 32.9 Å². The van der Waals surface area contributed by atoms with Gasteiger partial charge in [0.15, 0.2) is 0 Å². The molecule has 0 rings (SSSR count). The van der Waals surface area contributed by atoms with Crippen LogP contribution >= 0.6 is 0 Å². The summed E-state index contributed by atoms with van der Waals surface area (Å²) in [7, 11) is 0.680. The molecule has 0 aromatic carbocycles. The molecule has 0 fully saturated rings. The summed E-state index contributed by atoms with van der Waals surface area (Å²) in [6.45, 7) is 0. The van der Waals surface area contributed by atoms with Gasteiger partial charge in [0.25, 0.3) is 0 Å². The van der Waals surface area contributed by atoms with Gasteiger partial charge < -0.3 is 8.85 Å². The zero-order chi connectivity index (χ0) is 7.98. The summed E-state index contributed by atoms with van der Waals surface area (Å²) >= 11 is 0. The van der Waals surface area contributed by atoms with Crippen LogP contribution in [-0.2, 0) is 18.4 Å². The van der Waals surface area contributed by atoms with Crippen LogP contribution in [0.2, 0.25) is 0 Å². The largest absolute Gasteiger partial charge is 0.526 e. The van der Waals surface area contributed by atoms with Crippen molar-refractivity contribution in [2.75, 3.05) is 0 Å². The molecule has 0 spiro atoms. The smallest absolute Gasteiger partial charge is 0.316 e. The molecule has 0 N–H and O–H groups in total. The Balaban J connectivity index is 3.75. The average Bonchev–Trinajstić information content (AvgIpc) is 1.99. The number of hydrogen-bond acceptors (Lipinski definition) is 4. The van der Waals surface area contributed by atoms with E-state index < -0.39 is 11.9 Å². The Morgan fingerprint density at radius 2 is 1.30 bits per heavy atom. The van der Waals surface area contributed by atoms with Gasteiger partial charge in [0.1, 0.15) is 0 Å². The molecule has 0 atom stereocenters. The Labute approximate surface area is 64.3 Å². The zero-order valence-corrected chi connectivity index (χ0v) is 9.79. The van der Waals surface area contributed by atoms with E-state index in [0.717, 1.165) is 12.2 Å². The predicted molar refractivity (Wildman–Crippen MR) is 41.2 cm³/mol. The summed E-state index contributed by atoms with van der Waals surface area (Å²) < 4.78 is 8.72. The molecule has 0 heterocycles. The third-order valence-corrected chi connectivity index (χ3v) is 1.56. The van der Waals surface area contributed by atoms with Crippen molar-refractivity contribution in [2.24, 2.45) is 0 Å². The molecule has 6 heteroatoms. The van der Waals surface area contributed by atoms with Gasteiger partial charge >= 0.3 is 11.9 Å². The van der Waals surface area contributed by atoms with Crippen LogP contribution in [0, 0.1) is 0 Å². The monoisotopic (exact) mass is 176 g/mol. The minimum Gasteiger partial charge on any atom is -0.526 e. The Morgan fingerprint density at radius 3 is 1.50 bits per heavy atom. The molecular formula is C4H8O4Si2. The Kier molecular flexibility index (Phi) is 4.51. The van der Waals surface area contributed by atoms with E-state index in [9.17, 15) is 9.59 Å². The van der Waals surface area contributed by atoms with Crippen LogP contribution in [0.25, 0.3) is 0 Å². The molecule has 10 heavy (non-hydrogen) atoms. The van der Waals surface area contributed by atoms with Crippen molar-refractivity contribution in [3.8, 4) is 0 Å². The highest BCUT2D eigenvalue weighted by molar-refractivity contribution is 6.10. The van der Waals surface area contributed by atoms with Gasteiger partial charge in [-0.25, -0.2) is 9.59 Å². The van der Waals surface area contributed by atoms with Crippen LogP contribution in [0.4, 0.5) is 0 Å². The maximum atomic E-state index is 10.4. The van der Waals surface area contributed by atoms with E-state index in [-0.39, 0.29) is 0 Å². The SMILES string of the molecule is O=C(/C=C\C(=O)O[SiH3])O[SiH3]. The molecule has 0 aromatic rings. The quantitative estimate of drug-likeness (QED) is 0.337. The maximum absolute atomic E-state index is 10.4. The highest BCUT2D eigenvalue weighted by atomic mass is 28.2. The van der Waals surface area contributed by atoms with Gasteiger partial charge in [-0.15, -0.1) is 0 Å². The lowest BCUT2D eigenvalue weighted by Gasteiger charge is -1.90. The van der Waals surface area contributed by atoms with Gasteiger partial charge in [-0.2, -0.15) is 0 Å². The summed E-state index contributed by atoms with van der Waals surface area (Å²) in [5.74, 6) is -1.00. The van der Waals surface area contributed by atoms with Crippen LogP contribution in [0.5, 0.6) is 0 Å². The van der Waals surface area contributed by atoms with Crippen molar-refractivity contribution in [2.45, 2.75) is 0 Å². The van der Waals surface area contributed by atoms with E-state index in [4.69, 9.17) is 0 Å². The van der Waals surface area contributed by atoms with Gasteiger partial charge in [0, 0.05) is 12.2 Å². The minimum atomic E-state index is -0.501. The molecule has 0 saturated carbocycles. The number of rotatable bonds is 2. The fourth-order valence-electron chi connectivity index (χ4n) is 0.272. The second-order valence-corrected chi connectivity index (χ2v) is 2.20. The van der Waals surface area contributed by atoms with E-state index in [1.165, 1.54) is 0 Å². The molecule has 0 aliphatic rings. The van der Waals surface area contributed by atoms with Crippen molar-refractivity contribution in [3.63, 3.8) is 0 Å². The topological polar surface area (TPSA) is 52.6 Å². The molecule has 56 valence electrons. The lowest BCUT2D eigenvalue weighted by Crippen LogP contribution is -2.00. The first-order valence-corrected chi connectivity index (χ1v) is 4.18. The zero-order valence-electron chi connectivity index (χ0n) is 5.79. The summed E-state index contributed by atoms with van der Waals surface area (Å²) in [5, 5.41) is 0. The van der Waals surface area contributed by atoms with E-state index in [1.807, 2.05) is 0 Å². The van der Waals surface area contributed by atoms with Crippen molar-refractivity contribution in [1.82, 2.24) is 0 Å². The molecule has 0 radical (unpaired) electrons. The summed E-state index contributed by atoms with van der Waals surface area (Å²) in [5.41, 5.74) is 0. The summed E-state index contributed by atoms with van der Waals surface area (Å²) in [4.78, 5) is 20.7. The molecule has 0 amide bonds. The van der Waals surface area contributed by atoms with E-state index in [0.29, 0.717) is 21.0 Å². The van der Waals surface area contributed by atoms with Crippen LogP contribution in [0.15, 0.2) is 12.2 Å². The lowest BCUT2D eigenvalue weighted by molar-refractivity contribution is -0.131. The van der Waals surface area contributed by atoms with E-state index >= 15 is 0 Å². The first kappa shape index (κ1) is 9.11. The lowest BCUT2D eigenvalue weighted by atomic mass is 10.5. The normalized spacial score (nSPS) is 10.0. The Hall–Kier alpha value is -0.886.